The number of nitrogens with one attached hydrogen (secondary N) is 3. The molecule has 0 radical (unpaired) electrons. The third-order valence-corrected chi connectivity index (χ3v) is 26.5. The molecule has 0 aliphatic carbocycles. The molecule has 0 bridgehead atoms. The summed E-state index contributed by atoms with van der Waals surface area (Å²) in [6.45, 7) is 46.8. The van der Waals surface area contributed by atoms with Crippen LogP contribution in [-0.4, -0.2) is 169 Å². The second-order valence-corrected chi connectivity index (χ2v) is 38.3. The quantitative estimate of drug-likeness (QED) is 0.0136. The van der Waals surface area contributed by atoms with Gasteiger partial charge in [-0.1, -0.05) is 85.9 Å². The molecule has 5 aromatic heterocycles. The summed E-state index contributed by atoms with van der Waals surface area (Å²) in [4.78, 5) is 133. The molecule has 9 aromatic rings. The smallest absolute Gasteiger partial charge is 0.356 e. The number of aliphatic hydroxyl groups is 1. The van der Waals surface area contributed by atoms with Gasteiger partial charge in [-0.25, -0.2) is 53.7 Å². The van der Waals surface area contributed by atoms with Gasteiger partial charge < -0.3 is 69.8 Å². The number of anilines is 6. The van der Waals surface area contributed by atoms with Crippen LogP contribution in [0.2, 0.25) is 33.6 Å². The lowest BCUT2D eigenvalue weighted by Gasteiger charge is -2.42. The number of hydrogen-bond acceptors (Lipinski definition) is 24. The van der Waals surface area contributed by atoms with Gasteiger partial charge in [0.05, 0.1) is 61.9 Å². The highest BCUT2D eigenvalue weighted by Gasteiger charge is 2.40. The van der Waals surface area contributed by atoms with E-state index < -0.39 is 20.3 Å². The fourth-order valence-corrected chi connectivity index (χ4v) is 15.2. The summed E-state index contributed by atoms with van der Waals surface area (Å²) >= 11 is 17.0. The van der Waals surface area contributed by atoms with Gasteiger partial charge in [-0.2, -0.15) is 0 Å². The van der Waals surface area contributed by atoms with Gasteiger partial charge in [0.25, 0.3) is 17.7 Å². The maximum atomic E-state index is 13.3. The minimum Gasteiger partial charge on any atom is -0.477 e. The molecule has 28 nitrogen and oxygen atoms in total. The molecule has 2 saturated heterocycles. The van der Waals surface area contributed by atoms with Gasteiger partial charge in [0.1, 0.15) is 44.2 Å². The van der Waals surface area contributed by atoms with Gasteiger partial charge in [0.2, 0.25) is 0 Å². The van der Waals surface area contributed by atoms with Crippen LogP contribution in [0.1, 0.15) is 240 Å². The highest BCUT2D eigenvalue weighted by Crippen LogP contribution is 2.39. The zero-order valence-corrected chi connectivity index (χ0v) is 80.7. The van der Waals surface area contributed by atoms with Crippen LogP contribution in [0.5, 0.6) is 0 Å². The Hall–Kier alpha value is -11.7. The molecule has 2 aliphatic rings. The minimum absolute atomic E-state index is 0.0116. The maximum absolute atomic E-state index is 13.3. The Kier molecular flexibility index (Phi) is 39.8. The van der Waals surface area contributed by atoms with Gasteiger partial charge in [-0.05, 0) is 313 Å². The zero-order valence-electron chi connectivity index (χ0n) is 77.4. The van der Waals surface area contributed by atoms with Gasteiger partial charge in [0.15, 0.2) is 19.7 Å². The van der Waals surface area contributed by atoms with Crippen molar-refractivity contribution in [1.29, 1.82) is 0 Å². The van der Waals surface area contributed by atoms with Crippen LogP contribution in [0.25, 0.3) is 0 Å². The minimum atomic E-state index is -1.80. The van der Waals surface area contributed by atoms with Gasteiger partial charge >= 0.3 is 35.8 Å². The number of aromatic nitrogens is 5. The fourth-order valence-electron chi connectivity index (χ4n) is 13.3. The molecule has 0 saturated carbocycles. The van der Waals surface area contributed by atoms with Crippen molar-refractivity contribution in [3.63, 3.8) is 0 Å². The van der Waals surface area contributed by atoms with Crippen molar-refractivity contribution in [2.75, 3.05) is 91.2 Å². The predicted molar refractivity (Wildman–Crippen MR) is 505 cm³/mol. The number of methoxy groups -OCH3 is 1. The number of carbonyl (C=O) groups is 9. The van der Waals surface area contributed by atoms with E-state index >= 15 is 0 Å². The molecule has 7 heterocycles. The summed E-state index contributed by atoms with van der Waals surface area (Å²) in [5.74, 6) is -2.27. The number of aromatic carboxylic acids is 1. The summed E-state index contributed by atoms with van der Waals surface area (Å²) in [5, 5.41) is 28.1. The van der Waals surface area contributed by atoms with E-state index in [2.05, 4.69) is 84.3 Å². The van der Waals surface area contributed by atoms with E-state index in [1.165, 1.54) is 7.11 Å². The van der Waals surface area contributed by atoms with E-state index in [0.29, 0.717) is 114 Å². The van der Waals surface area contributed by atoms with E-state index in [4.69, 9.17) is 74.0 Å². The van der Waals surface area contributed by atoms with Crippen molar-refractivity contribution in [3.8, 4) is 0 Å². The SMILES string of the molecule is CCOC(=O)c1cc(C)c(N)c(C)c1.CCOC(=O)c1cc(C)c(NC(=O)c2nc(Cl)ccc2C)c(C)c1.CCOC(=O)c1cc(C)c(NC(=O)c2nc(N3CCC(O)CC3)ccc2C)c(C)c1.CCOC(=O)c1cc(C)c(NC(=O)c2nc(N3CCC(O[Si](C)(C)C(C)(C)C)CC3)ccc2C)c(C)c1.COC(=O)c1nc(Cl)ccc1C.Cc1ccc(Cl)nc1C(=O)O. The van der Waals surface area contributed by atoms with Crippen LogP contribution >= 0.6 is 34.8 Å². The maximum Gasteiger partial charge on any atom is 0.356 e. The van der Waals surface area contributed by atoms with Gasteiger partial charge in [0, 0.05) is 55.0 Å². The number of amides is 3. The number of nitrogens with two attached hydrogens (primary N) is 1. The number of esters is 5. The molecule has 3 amide bonds. The Morgan fingerprint density at radius 3 is 0.961 bits per heavy atom. The van der Waals surface area contributed by atoms with E-state index in [1.54, 1.807) is 133 Å². The molecule has 0 unspecified atom stereocenters. The lowest BCUT2D eigenvalue weighted by molar-refractivity contribution is 0.0516. The number of halogens is 3. The fraction of sp³-hybridized carbons (Fsp3) is 0.396. The highest BCUT2D eigenvalue weighted by atomic mass is 35.5. The number of aryl methyl sites for hydroxylation is 13. The molecule has 2 aliphatic heterocycles. The number of ether oxygens (including phenoxy) is 5. The van der Waals surface area contributed by atoms with E-state index in [-0.39, 0.29) is 86.2 Å². The molecule has 0 atom stereocenters. The first kappa shape index (κ1) is 105. The second-order valence-electron chi connectivity index (χ2n) is 32.4. The normalized spacial score (nSPS) is 12.5. The van der Waals surface area contributed by atoms with E-state index in [1.807, 2.05) is 93.5 Å². The predicted octanol–water partition coefficient (Wildman–Crippen LogP) is 19.5. The number of aliphatic hydroxyl groups excluding tert-OH is 1. The first-order valence-corrected chi connectivity index (χ1v) is 46.1. The zero-order chi connectivity index (χ0) is 95.5. The summed E-state index contributed by atoms with van der Waals surface area (Å²) in [6.07, 6.45) is 3.31. The van der Waals surface area contributed by atoms with Crippen molar-refractivity contribution in [3.05, 3.63) is 248 Å². The summed E-state index contributed by atoms with van der Waals surface area (Å²) < 4.78 is 31.2. The number of hydrogen-bond donors (Lipinski definition) is 6. The van der Waals surface area contributed by atoms with Crippen LogP contribution < -0.4 is 31.5 Å². The van der Waals surface area contributed by atoms with Crippen molar-refractivity contribution in [1.82, 2.24) is 24.9 Å². The largest absolute Gasteiger partial charge is 0.477 e. The second kappa shape index (κ2) is 48.4. The Labute approximate surface area is 766 Å². The number of piperidine rings is 2. The molecule has 4 aromatic carbocycles. The number of pyridine rings is 5. The molecule has 7 N–H and O–H groups in total. The Bertz CT molecular complexity index is 5420. The third kappa shape index (κ3) is 29.9. The van der Waals surface area contributed by atoms with Crippen molar-refractivity contribution in [2.24, 2.45) is 0 Å². The number of benzene rings is 4. The standard InChI is InChI=1S/C29H43N3O4Si.C23H29N3O4.C18H19ClN2O3.C11H15NO2.C8H8ClNO2.C7H6ClNO2/c1-10-35-28(34)22-17-20(3)25(21(4)18-22)31-27(33)26-19(2)11-12-24(30-26)32-15-13-23(14-16-32)36-37(8,9)29(5,6)7;1-5-30-23(29)17-12-15(3)20(16(4)13-17)25-22(28)21-14(2)6-7-19(24-21)26-10-8-18(27)9-11-26;1-5-24-18(23)13-8-11(3)15(12(4)9-13)21-17(22)16-10(2)6-7-14(19)20-16;1-4-14-11(13)9-5-7(2)10(12)8(3)6-9;1-5-3-4-6(9)10-7(5)8(11)12-2;1-4-2-3-5(8)9-6(4)7(10)11/h11-12,17-18,23H,10,13-16H2,1-9H3,(H,31,33);6-7,12-13,18,27H,5,8-11H2,1-4H3,(H,25,28);6-9H,5H2,1-4H3,(H,21,22);5-6H,4,12H2,1-3H3;3-4H,1-2H3;2-3H,1H3,(H,10,11). The number of carboxylic acid groups (broad SMARTS) is 1. The van der Waals surface area contributed by atoms with Crippen LogP contribution in [0.4, 0.5) is 34.4 Å². The molecular weight excluding hydrogens is 1710 g/mol. The van der Waals surface area contributed by atoms with Crippen LogP contribution in [0, 0.1) is 90.0 Å². The van der Waals surface area contributed by atoms with Crippen molar-refractivity contribution < 1.29 is 81.5 Å². The number of rotatable bonds is 20. The average Bonchev–Trinajstić information content (AvgIpc) is 0.813. The summed E-state index contributed by atoms with van der Waals surface area (Å²) in [5.41, 5.74) is 22.0. The van der Waals surface area contributed by atoms with Crippen molar-refractivity contribution in [2.45, 2.75) is 194 Å². The Balaban J connectivity index is 0.000000250. The van der Waals surface area contributed by atoms with Crippen LogP contribution in [0.3, 0.4) is 0 Å². The average molecular weight is 1830 g/mol. The number of nitrogen functional groups attached to an aromatic ring is 1. The van der Waals surface area contributed by atoms with Gasteiger partial charge in [-0.3, -0.25) is 14.4 Å². The molecular formula is C96H120Cl3N11O17Si. The Morgan fingerprint density at radius 1 is 0.406 bits per heavy atom. The first-order valence-electron chi connectivity index (χ1n) is 42.0. The molecule has 0 spiro atoms. The lowest BCUT2D eigenvalue weighted by Crippen LogP contribution is -2.47. The molecule has 686 valence electrons. The third-order valence-electron chi connectivity index (χ3n) is 21.4. The molecule has 32 heteroatoms. The molecule has 2 fully saturated rings. The van der Waals surface area contributed by atoms with Crippen LogP contribution in [-0.2, 0) is 28.1 Å². The summed E-state index contributed by atoms with van der Waals surface area (Å²) in [7, 11) is -0.489. The lowest BCUT2D eigenvalue weighted by atomic mass is 10.0. The van der Waals surface area contributed by atoms with Gasteiger partial charge in [-0.15, -0.1) is 0 Å². The Morgan fingerprint density at radius 2 is 0.672 bits per heavy atom. The van der Waals surface area contributed by atoms with Crippen molar-refractivity contribution >= 4 is 131 Å². The van der Waals surface area contributed by atoms with Crippen LogP contribution in [0.15, 0.2) is 109 Å². The number of nitrogens with zero attached hydrogens (tertiary/aromatic N) is 7. The topological polar surface area (TPSA) is 383 Å². The van der Waals surface area contributed by atoms with E-state index in [0.717, 1.165) is 110 Å². The van der Waals surface area contributed by atoms with E-state index in [9.17, 15) is 48.3 Å². The summed E-state index contributed by atoms with van der Waals surface area (Å²) in [6, 6.07) is 31.5. The number of carbonyl (C=O) groups excluding carboxylic acids is 8. The molecule has 128 heavy (non-hydrogen) atoms. The highest BCUT2D eigenvalue weighted by molar-refractivity contribution is 6.74. The first-order chi connectivity index (χ1) is 60.2. The number of carboxylic acids is 1. The monoisotopic (exact) mass is 1830 g/mol. The molecule has 11 rings (SSSR count).